The topological polar surface area (TPSA) is 619 Å². The fourth-order valence-electron chi connectivity index (χ4n) is 9.99. The number of carbonyl (C=O) groups is 17. The number of hydrogen-bond acceptors (Lipinski definition) is 43. The van der Waals surface area contributed by atoms with Crippen molar-refractivity contribution in [1.82, 2.24) is 57.2 Å². The Balaban J connectivity index is 0. The molecule has 1 fully saturated rings. The average molecular weight is 1970 g/mol. The maximum atomic E-state index is 12.0. The predicted molar refractivity (Wildman–Crippen MR) is 482 cm³/mol. The van der Waals surface area contributed by atoms with Crippen LogP contribution in [0.25, 0.3) is 0 Å². The van der Waals surface area contributed by atoms with Gasteiger partial charge in [-0.05, 0) is 38.5 Å². The van der Waals surface area contributed by atoms with Gasteiger partial charge in [0.25, 0.3) is 0 Å². The zero-order valence-electron chi connectivity index (χ0n) is 79.5. The summed E-state index contributed by atoms with van der Waals surface area (Å²) in [7, 11) is 15.6. The molecular weight excluding hydrogens is 1820 g/mol. The number of carbonyl (C=O) groups excluding carboxylic acids is 17. The van der Waals surface area contributed by atoms with Gasteiger partial charge in [0.2, 0.25) is 23.6 Å². The van der Waals surface area contributed by atoms with Gasteiger partial charge in [0.15, 0.2) is 23.5 Å². The number of nitrogens with zero attached hydrogens (tertiary/aromatic N) is 3. The van der Waals surface area contributed by atoms with Gasteiger partial charge in [-0.25, -0.2) is 38.4 Å². The normalized spacial score (nSPS) is 15.3. The SMILES string of the molecule is [B]C(=O)CN(CCO)CCOC(=O)COCC(=O)NCCOCCOCCNC(=O)OCCC.[B]C(=O)CN(CCOC(=O)CNC(=O)OCCC)CCOC(=O)COCC(=O)NCCOCCOCCCC(=O)OCCC.[B]C(=O)CN1CCOC(=O)COCC(=O)NCCOCCOCCNC(=O)OCCCCCCCCOC(=O)NCCOCCOCCNC(=O)COCC(=O)OCC1. The third-order valence-electron chi connectivity index (χ3n) is 16.4. The van der Waals surface area contributed by atoms with E-state index in [1.165, 1.54) is 9.80 Å². The number of aliphatic hydroxyl groups is 1. The lowest BCUT2D eigenvalue weighted by Gasteiger charge is -2.20. The molecule has 1 aliphatic heterocycles. The molecule has 0 aromatic rings. The van der Waals surface area contributed by atoms with Crippen LogP contribution >= 0.6 is 0 Å². The minimum atomic E-state index is -0.736. The number of ether oxygens (including phenoxy) is 22. The Bertz CT molecular complexity index is 3170. The third-order valence-corrected chi connectivity index (χ3v) is 16.4. The Hall–Kier alpha value is -9.66. The standard InChI is InChI=1S/C36H62BN5O17.C27H46BN3O13.C20H36BN3O10/c37-30(43)25-42-11-19-56-33(46)28-54-26-31(44)38-7-15-50-21-23-52-17-9-40-35(48)58-13-5-3-1-2-4-6-14-59-36(49)41-10-18-53-24-22-51-16-8-39-32(45)27-55-29-34(47)57-20-12-42;1-3-10-41-24(34)6-5-12-38-16-17-39-13-7-29-23(33)20-40-21-26(36)43-15-9-31(19-22(28)32)8-14-42-25(35)18-30-27(37)44-11-4-2;1-2-8-34-20(29)23-4-10-31-13-12-30-9-3-22-18(27)15-32-16-19(28)33-11-6-24(5-7-25)14-17(21)26/h1-29H2,(H,38,44)(H,39,45)(H,40,48)(H,41,49);3-21H2,1-2H3,(H,29,33)(H,30,37);25H,2-16H2,1H3,(H,22,27)(H,23,29). The van der Waals surface area contributed by atoms with Crippen LogP contribution in [-0.4, -0.2) is 487 Å². The molecule has 51 nitrogen and oxygen atoms in total. The predicted octanol–water partition coefficient (Wildman–Crippen LogP) is -4.86. The van der Waals surface area contributed by atoms with Gasteiger partial charge >= 0.3 is 60.2 Å². The lowest BCUT2D eigenvalue weighted by molar-refractivity contribution is -0.152. The quantitative estimate of drug-likeness (QED) is 0.0119. The molecule has 0 spiro atoms. The highest BCUT2D eigenvalue weighted by Gasteiger charge is 2.19. The summed E-state index contributed by atoms with van der Waals surface area (Å²) >= 11 is 0. The van der Waals surface area contributed by atoms with Crippen molar-refractivity contribution in [2.45, 2.75) is 91.4 Å². The van der Waals surface area contributed by atoms with E-state index in [0.29, 0.717) is 91.9 Å². The molecule has 1 rings (SSSR count). The summed E-state index contributed by atoms with van der Waals surface area (Å²) in [5.41, 5.74) is -1.83. The Kier molecular flexibility index (Phi) is 91.2. The van der Waals surface area contributed by atoms with Crippen molar-refractivity contribution in [2.75, 3.05) is 343 Å². The highest BCUT2D eigenvalue weighted by atomic mass is 16.6. The van der Waals surface area contributed by atoms with Gasteiger partial charge in [-0.2, -0.15) is 0 Å². The second kappa shape index (κ2) is 96.6. The minimum absolute atomic E-state index is 0.00919. The summed E-state index contributed by atoms with van der Waals surface area (Å²) in [4.78, 5) is 202. The van der Waals surface area contributed by atoms with Gasteiger partial charge in [-0.1, -0.05) is 46.5 Å². The third kappa shape index (κ3) is 97.8. The van der Waals surface area contributed by atoms with Crippen molar-refractivity contribution >= 4 is 124 Å². The first-order valence-corrected chi connectivity index (χ1v) is 45.4. The molecule has 0 bridgehead atoms. The zero-order valence-corrected chi connectivity index (χ0v) is 79.5. The van der Waals surface area contributed by atoms with Gasteiger partial charge in [0.05, 0.1) is 156 Å². The molecule has 0 aliphatic carbocycles. The van der Waals surface area contributed by atoms with Crippen LogP contribution in [0, 0.1) is 0 Å². The van der Waals surface area contributed by atoms with Crippen LogP contribution in [-0.2, 0) is 167 Å². The highest BCUT2D eigenvalue weighted by Crippen LogP contribution is 2.07. The molecule has 0 saturated carbocycles. The number of cyclic esters (lactones) is 4. The Morgan fingerprint density at radius 1 is 0.365 bits per heavy atom. The fraction of sp³-hybridized carbons (Fsp3) is 0.795. The number of nitrogens with one attached hydrogen (secondary N) is 8. The first kappa shape index (κ1) is 129. The number of hydrogen-bond donors (Lipinski definition) is 9. The maximum Gasteiger partial charge on any atom is 0.407 e. The van der Waals surface area contributed by atoms with E-state index < -0.39 is 121 Å². The van der Waals surface area contributed by atoms with Crippen molar-refractivity contribution in [3.05, 3.63) is 0 Å². The molecule has 8 amide bonds. The first-order valence-electron chi connectivity index (χ1n) is 45.4. The molecule has 0 aromatic carbocycles. The lowest BCUT2D eigenvalue weighted by Crippen LogP contribution is -2.37. The second-order valence-electron chi connectivity index (χ2n) is 28.4. The Morgan fingerprint density at radius 3 is 1.16 bits per heavy atom. The number of aliphatic hydroxyl groups excluding tert-OH is 1. The number of alkyl carbamates (subject to hydrolysis) is 4. The number of amides is 8. The van der Waals surface area contributed by atoms with E-state index in [4.69, 9.17) is 133 Å². The largest absolute Gasteiger partial charge is 0.466 e. The van der Waals surface area contributed by atoms with Gasteiger partial charge in [0.1, 0.15) is 92.4 Å². The van der Waals surface area contributed by atoms with Crippen molar-refractivity contribution in [1.29, 1.82) is 0 Å². The monoisotopic (exact) mass is 1970 g/mol. The minimum Gasteiger partial charge on any atom is -0.466 e. The molecule has 1 aliphatic rings. The van der Waals surface area contributed by atoms with Crippen LogP contribution in [0.15, 0.2) is 0 Å². The molecule has 137 heavy (non-hydrogen) atoms. The van der Waals surface area contributed by atoms with E-state index in [-0.39, 0.29) is 249 Å². The van der Waals surface area contributed by atoms with Crippen LogP contribution in [0.2, 0.25) is 0 Å². The Morgan fingerprint density at radius 2 is 0.745 bits per heavy atom. The number of rotatable bonds is 52. The molecule has 1 heterocycles. The van der Waals surface area contributed by atoms with Crippen LogP contribution in [0.4, 0.5) is 19.2 Å². The van der Waals surface area contributed by atoms with E-state index in [0.717, 1.165) is 51.4 Å². The summed E-state index contributed by atoms with van der Waals surface area (Å²) in [6.45, 7) is 10.0. The van der Waals surface area contributed by atoms with E-state index in [2.05, 4.69) is 42.5 Å². The molecule has 0 atom stereocenters. The van der Waals surface area contributed by atoms with E-state index in [9.17, 15) is 81.5 Å². The van der Waals surface area contributed by atoms with Crippen molar-refractivity contribution in [2.24, 2.45) is 0 Å². The highest BCUT2D eigenvalue weighted by molar-refractivity contribution is 6.58. The Labute approximate surface area is 803 Å². The summed E-state index contributed by atoms with van der Waals surface area (Å²) < 4.78 is 113. The molecule has 0 aromatic heterocycles. The maximum absolute atomic E-state index is 12.0. The van der Waals surface area contributed by atoms with Crippen LogP contribution < -0.4 is 42.5 Å². The smallest absolute Gasteiger partial charge is 0.407 e. The van der Waals surface area contributed by atoms with Crippen molar-refractivity contribution < 1.29 is 191 Å². The van der Waals surface area contributed by atoms with E-state index in [1.54, 1.807) is 4.90 Å². The van der Waals surface area contributed by atoms with Gasteiger partial charge in [0, 0.05) is 118 Å². The molecular formula is C83H144B3N11O40. The number of esters is 6. The second-order valence-corrected chi connectivity index (χ2v) is 28.4. The van der Waals surface area contributed by atoms with E-state index in [1.807, 2.05) is 20.8 Å². The molecule has 780 valence electrons. The summed E-state index contributed by atoms with van der Waals surface area (Å²) in [5.74, 6) is -5.56. The van der Waals surface area contributed by atoms with Crippen LogP contribution in [0.1, 0.15) is 91.4 Å². The summed E-state index contributed by atoms with van der Waals surface area (Å²) in [6.07, 6.45) is 6.08. The molecule has 54 heteroatoms. The van der Waals surface area contributed by atoms with Crippen LogP contribution in [0.3, 0.4) is 0 Å². The molecule has 0 unspecified atom stereocenters. The molecule has 6 radical (unpaired) electrons. The summed E-state index contributed by atoms with van der Waals surface area (Å²) in [6, 6.07) is 0. The van der Waals surface area contributed by atoms with Gasteiger partial charge in [-0.15, -0.1) is 0 Å². The molecule has 1 saturated heterocycles. The van der Waals surface area contributed by atoms with Gasteiger partial charge < -0.3 is 166 Å². The fourth-order valence-corrected chi connectivity index (χ4v) is 9.99. The average Bonchev–Trinajstić information content (AvgIpc) is 0.965. The van der Waals surface area contributed by atoms with Gasteiger partial charge in [-0.3, -0.25) is 43.5 Å². The zero-order chi connectivity index (χ0) is 101. The molecule has 9 N–H and O–H groups in total. The van der Waals surface area contributed by atoms with Crippen molar-refractivity contribution in [3.8, 4) is 0 Å². The lowest BCUT2D eigenvalue weighted by atomic mass is 10.0. The van der Waals surface area contributed by atoms with Crippen molar-refractivity contribution in [3.63, 3.8) is 0 Å². The van der Waals surface area contributed by atoms with Crippen LogP contribution in [0.5, 0.6) is 0 Å². The summed E-state index contributed by atoms with van der Waals surface area (Å²) in [5, 5.41) is 29.2. The van der Waals surface area contributed by atoms with E-state index >= 15 is 0 Å². The first-order chi connectivity index (χ1) is 66.2.